The van der Waals surface area contributed by atoms with Crippen LogP contribution in [0.15, 0.2) is 97.2 Å². The van der Waals surface area contributed by atoms with Gasteiger partial charge in [-0.3, -0.25) is 4.79 Å². The van der Waals surface area contributed by atoms with Crippen molar-refractivity contribution < 1.29 is 4.79 Å². The Bertz CT molecular complexity index is 1460. The summed E-state index contributed by atoms with van der Waals surface area (Å²) in [5, 5.41) is 4.82. The first-order valence-corrected chi connectivity index (χ1v) is 12.5. The predicted octanol–water partition coefficient (Wildman–Crippen LogP) is 6.15. The number of fused-ring (bicyclic) bond motifs is 1. The molecule has 0 saturated heterocycles. The average Bonchev–Trinajstić information content (AvgIpc) is 3.27. The minimum Gasteiger partial charge on any atom is -0.334 e. The van der Waals surface area contributed by atoms with Crippen LogP contribution in [0.2, 0.25) is 0 Å². The second-order valence-electron chi connectivity index (χ2n) is 8.98. The van der Waals surface area contributed by atoms with Crippen molar-refractivity contribution in [3.05, 3.63) is 125 Å². The average molecular weight is 475 g/mol. The Kier molecular flexibility index (Phi) is 6.89. The minimum atomic E-state index is -0.0181. The zero-order chi connectivity index (χ0) is 24.9. The molecule has 2 aromatic heterocycles. The van der Waals surface area contributed by atoms with E-state index < -0.39 is 0 Å². The van der Waals surface area contributed by atoms with Gasteiger partial charge in [-0.1, -0.05) is 97.9 Å². The molecule has 180 valence electrons. The summed E-state index contributed by atoms with van der Waals surface area (Å²) in [6, 6.07) is 30.6. The van der Waals surface area contributed by atoms with Gasteiger partial charge < -0.3 is 4.90 Å². The van der Waals surface area contributed by atoms with E-state index in [1.165, 1.54) is 5.56 Å². The van der Waals surface area contributed by atoms with Crippen LogP contribution in [0.5, 0.6) is 0 Å². The molecule has 3 aromatic carbocycles. The van der Waals surface area contributed by atoms with Crippen LogP contribution < -0.4 is 0 Å². The number of nitrogens with zero attached hydrogens (tertiary/aromatic N) is 4. The highest BCUT2D eigenvalue weighted by Crippen LogP contribution is 2.28. The van der Waals surface area contributed by atoms with Crippen molar-refractivity contribution in [1.82, 2.24) is 19.5 Å². The van der Waals surface area contributed by atoms with Crippen molar-refractivity contribution in [3.63, 3.8) is 0 Å². The van der Waals surface area contributed by atoms with Crippen LogP contribution in [0.3, 0.4) is 0 Å². The molecule has 5 nitrogen and oxygen atoms in total. The molecule has 5 heteroatoms. The molecule has 0 bridgehead atoms. The van der Waals surface area contributed by atoms with E-state index in [1.807, 2.05) is 70.9 Å². The Hall–Kier alpha value is -4.25. The van der Waals surface area contributed by atoms with Gasteiger partial charge in [0.2, 0.25) is 0 Å². The van der Waals surface area contributed by atoms with E-state index in [4.69, 9.17) is 10.1 Å². The van der Waals surface area contributed by atoms with Gasteiger partial charge in [-0.2, -0.15) is 5.10 Å². The number of rotatable bonds is 8. The second-order valence-corrected chi connectivity index (χ2v) is 8.98. The highest BCUT2D eigenvalue weighted by atomic mass is 16.2. The SMILES string of the molecule is CCc1c(C(=O)N(CCc2ccccc2)Cc2ccccc2)cnc2c(-c3ccccc3)c(C)nn12. The fourth-order valence-corrected chi connectivity index (χ4v) is 4.73. The van der Waals surface area contributed by atoms with E-state index in [1.54, 1.807) is 6.20 Å². The first-order chi connectivity index (χ1) is 17.7. The van der Waals surface area contributed by atoms with Crippen molar-refractivity contribution in [2.45, 2.75) is 33.2 Å². The molecule has 0 aliphatic rings. The highest BCUT2D eigenvalue weighted by Gasteiger charge is 2.24. The zero-order valence-electron chi connectivity index (χ0n) is 20.8. The van der Waals surface area contributed by atoms with E-state index in [0.29, 0.717) is 25.1 Å². The summed E-state index contributed by atoms with van der Waals surface area (Å²) in [7, 11) is 0. The number of carbonyl (C=O) groups is 1. The molecule has 0 saturated carbocycles. The Balaban J connectivity index is 1.53. The molecule has 0 spiro atoms. The van der Waals surface area contributed by atoms with Crippen molar-refractivity contribution >= 4 is 11.6 Å². The molecule has 5 rings (SSSR count). The summed E-state index contributed by atoms with van der Waals surface area (Å²) in [6.07, 6.45) is 3.20. The molecule has 2 heterocycles. The van der Waals surface area contributed by atoms with Gasteiger partial charge in [0.15, 0.2) is 5.65 Å². The lowest BCUT2D eigenvalue weighted by molar-refractivity contribution is 0.0742. The summed E-state index contributed by atoms with van der Waals surface area (Å²) < 4.78 is 1.86. The van der Waals surface area contributed by atoms with E-state index in [9.17, 15) is 4.79 Å². The van der Waals surface area contributed by atoms with Crippen molar-refractivity contribution in [3.8, 4) is 11.1 Å². The number of amides is 1. The smallest absolute Gasteiger partial charge is 0.257 e. The Labute approximate surface area is 212 Å². The van der Waals surface area contributed by atoms with Gasteiger partial charge in [0.25, 0.3) is 5.91 Å². The minimum absolute atomic E-state index is 0.0181. The Morgan fingerprint density at radius 2 is 1.47 bits per heavy atom. The summed E-state index contributed by atoms with van der Waals surface area (Å²) in [5.74, 6) is -0.0181. The monoisotopic (exact) mass is 474 g/mol. The van der Waals surface area contributed by atoms with Gasteiger partial charge in [0.1, 0.15) is 0 Å². The topological polar surface area (TPSA) is 50.5 Å². The summed E-state index contributed by atoms with van der Waals surface area (Å²) in [4.78, 5) is 20.7. The van der Waals surface area contributed by atoms with Crippen LogP contribution >= 0.6 is 0 Å². The third-order valence-corrected chi connectivity index (χ3v) is 6.56. The number of aryl methyl sites for hydroxylation is 2. The van der Waals surface area contributed by atoms with Gasteiger partial charge in [-0.15, -0.1) is 0 Å². The largest absolute Gasteiger partial charge is 0.334 e. The molecular formula is C31H30N4O. The van der Waals surface area contributed by atoms with Gasteiger partial charge in [-0.05, 0) is 36.5 Å². The molecule has 1 amide bonds. The van der Waals surface area contributed by atoms with Crippen LogP contribution in [-0.2, 0) is 19.4 Å². The van der Waals surface area contributed by atoms with E-state index >= 15 is 0 Å². The third-order valence-electron chi connectivity index (χ3n) is 6.56. The Morgan fingerprint density at radius 1 is 0.861 bits per heavy atom. The lowest BCUT2D eigenvalue weighted by atomic mass is 10.1. The van der Waals surface area contributed by atoms with Gasteiger partial charge in [0.05, 0.1) is 17.0 Å². The Morgan fingerprint density at radius 3 is 2.11 bits per heavy atom. The van der Waals surface area contributed by atoms with Gasteiger partial charge in [0, 0.05) is 24.8 Å². The number of hydrogen-bond donors (Lipinski definition) is 0. The number of hydrogen-bond acceptors (Lipinski definition) is 3. The summed E-state index contributed by atoms with van der Waals surface area (Å²) >= 11 is 0. The molecule has 0 unspecified atom stereocenters. The van der Waals surface area contributed by atoms with Gasteiger partial charge in [-0.25, -0.2) is 9.50 Å². The number of carbonyl (C=O) groups excluding carboxylic acids is 1. The molecular weight excluding hydrogens is 444 g/mol. The van der Waals surface area contributed by atoms with E-state index in [-0.39, 0.29) is 5.91 Å². The molecule has 0 fully saturated rings. The lowest BCUT2D eigenvalue weighted by Crippen LogP contribution is -2.33. The van der Waals surface area contributed by atoms with Crippen molar-refractivity contribution in [2.75, 3.05) is 6.54 Å². The number of aromatic nitrogens is 3. The number of benzene rings is 3. The first kappa shape index (κ1) is 23.5. The molecule has 0 radical (unpaired) electrons. The van der Waals surface area contributed by atoms with Crippen LogP contribution in [0, 0.1) is 6.92 Å². The zero-order valence-corrected chi connectivity index (χ0v) is 20.8. The first-order valence-electron chi connectivity index (χ1n) is 12.5. The van der Waals surface area contributed by atoms with Crippen LogP contribution in [-0.4, -0.2) is 31.9 Å². The maximum atomic E-state index is 14.0. The van der Waals surface area contributed by atoms with Crippen molar-refractivity contribution in [2.24, 2.45) is 0 Å². The van der Waals surface area contributed by atoms with E-state index in [0.717, 1.165) is 40.1 Å². The maximum Gasteiger partial charge on any atom is 0.257 e. The second kappa shape index (κ2) is 10.6. The van der Waals surface area contributed by atoms with Crippen LogP contribution in [0.4, 0.5) is 0 Å². The summed E-state index contributed by atoms with van der Waals surface area (Å²) in [5.41, 5.74) is 7.57. The van der Waals surface area contributed by atoms with Crippen LogP contribution in [0.25, 0.3) is 16.8 Å². The third kappa shape index (κ3) is 4.78. The lowest BCUT2D eigenvalue weighted by Gasteiger charge is -2.24. The normalized spacial score (nSPS) is 11.1. The van der Waals surface area contributed by atoms with Crippen LogP contribution in [0.1, 0.15) is 39.8 Å². The standard InChI is InChI=1S/C31H30N4O/c1-3-28-27(21-32-30-29(23(2)33-35(28)30)26-17-11-6-12-18-26)31(36)34(22-25-15-9-5-10-16-25)20-19-24-13-7-4-8-14-24/h4-18,21H,3,19-20,22H2,1-2H3. The highest BCUT2D eigenvalue weighted by molar-refractivity contribution is 5.95. The van der Waals surface area contributed by atoms with Gasteiger partial charge >= 0.3 is 0 Å². The predicted molar refractivity (Wildman–Crippen MR) is 144 cm³/mol. The van der Waals surface area contributed by atoms with E-state index in [2.05, 4.69) is 43.3 Å². The molecule has 0 atom stereocenters. The fraction of sp³-hybridized carbons (Fsp3) is 0.194. The molecule has 36 heavy (non-hydrogen) atoms. The molecule has 5 aromatic rings. The molecule has 0 aliphatic carbocycles. The fourth-order valence-electron chi connectivity index (χ4n) is 4.73. The molecule has 0 N–H and O–H groups in total. The quantitative estimate of drug-likeness (QED) is 0.271. The van der Waals surface area contributed by atoms with Crippen molar-refractivity contribution in [1.29, 1.82) is 0 Å². The summed E-state index contributed by atoms with van der Waals surface area (Å²) in [6.45, 7) is 5.23. The molecule has 0 aliphatic heterocycles. The maximum absolute atomic E-state index is 14.0.